The normalized spacial score (nSPS) is 25.2. The lowest BCUT2D eigenvalue weighted by atomic mass is 9.85. The van der Waals surface area contributed by atoms with Crippen molar-refractivity contribution in [1.82, 2.24) is 4.90 Å². The summed E-state index contributed by atoms with van der Waals surface area (Å²) in [6, 6.07) is 18.6. The maximum atomic E-state index is 13.0. The summed E-state index contributed by atoms with van der Waals surface area (Å²) in [4.78, 5) is 14.4. The van der Waals surface area contributed by atoms with Gasteiger partial charge in [0.25, 0.3) is 0 Å². The van der Waals surface area contributed by atoms with Gasteiger partial charge in [-0.1, -0.05) is 54.1 Å². The van der Waals surface area contributed by atoms with Crippen molar-refractivity contribution in [2.45, 2.75) is 18.1 Å². The summed E-state index contributed by atoms with van der Waals surface area (Å²) < 4.78 is 0. The molecule has 0 aromatic heterocycles. The van der Waals surface area contributed by atoms with E-state index in [4.69, 9.17) is 11.6 Å². The summed E-state index contributed by atoms with van der Waals surface area (Å²) in [5.74, 6) is -0.201. The molecule has 0 bridgehead atoms. The molecule has 4 nitrogen and oxygen atoms in total. The van der Waals surface area contributed by atoms with Crippen molar-refractivity contribution < 1.29 is 9.90 Å². The maximum absolute atomic E-state index is 13.0. The molecule has 0 spiro atoms. The van der Waals surface area contributed by atoms with Gasteiger partial charge in [-0.25, -0.2) is 0 Å². The summed E-state index contributed by atoms with van der Waals surface area (Å²) in [7, 11) is 0. The number of nitriles is 1. The topological polar surface area (TPSA) is 64.3 Å². The van der Waals surface area contributed by atoms with Crippen molar-refractivity contribution in [2.75, 3.05) is 5.75 Å². The highest BCUT2D eigenvalue weighted by Crippen LogP contribution is 2.51. The highest BCUT2D eigenvalue weighted by atomic mass is 35.5. The Morgan fingerprint density at radius 1 is 1.19 bits per heavy atom. The molecular formula is C20H15ClN2O2S. The van der Waals surface area contributed by atoms with Crippen molar-refractivity contribution in [3.05, 3.63) is 81.3 Å². The lowest BCUT2D eigenvalue weighted by Crippen LogP contribution is -2.48. The zero-order valence-corrected chi connectivity index (χ0v) is 15.3. The van der Waals surface area contributed by atoms with Crippen LogP contribution >= 0.6 is 23.4 Å². The van der Waals surface area contributed by atoms with Crippen LogP contribution in [0, 0.1) is 11.3 Å². The second kappa shape index (κ2) is 6.48. The number of carbonyl (C=O) groups is 1. The van der Waals surface area contributed by atoms with Gasteiger partial charge in [0.1, 0.15) is 0 Å². The Balaban J connectivity index is 1.81. The fourth-order valence-corrected chi connectivity index (χ4v) is 5.01. The van der Waals surface area contributed by atoms with Crippen LogP contribution in [0.1, 0.15) is 23.5 Å². The van der Waals surface area contributed by atoms with Crippen LogP contribution in [0.25, 0.3) is 0 Å². The molecule has 1 fully saturated rings. The van der Waals surface area contributed by atoms with E-state index in [1.54, 1.807) is 24.3 Å². The number of allylic oxidation sites excluding steroid dienone is 1. The number of nitrogens with zero attached hydrogens (tertiary/aromatic N) is 2. The minimum Gasteiger partial charge on any atom is -0.366 e. The molecule has 2 heterocycles. The van der Waals surface area contributed by atoms with Crippen LogP contribution in [0.15, 0.2) is 65.2 Å². The molecule has 130 valence electrons. The molecule has 2 aliphatic heterocycles. The first-order valence-electron chi connectivity index (χ1n) is 8.18. The summed E-state index contributed by atoms with van der Waals surface area (Å²) in [6.07, 6.45) is 0.143. The minimum atomic E-state index is -1.43. The largest absolute Gasteiger partial charge is 0.366 e. The van der Waals surface area contributed by atoms with Crippen LogP contribution in [0.2, 0.25) is 5.02 Å². The van der Waals surface area contributed by atoms with Gasteiger partial charge in [-0.3, -0.25) is 9.69 Å². The maximum Gasteiger partial charge on any atom is 0.231 e. The molecule has 2 atom stereocenters. The van der Waals surface area contributed by atoms with Gasteiger partial charge >= 0.3 is 0 Å². The number of hydrogen-bond acceptors (Lipinski definition) is 4. The molecule has 4 rings (SSSR count). The summed E-state index contributed by atoms with van der Waals surface area (Å²) in [5, 5.41) is 22.2. The molecule has 1 N–H and O–H groups in total. The van der Waals surface area contributed by atoms with Gasteiger partial charge in [-0.2, -0.15) is 5.26 Å². The molecule has 1 amide bonds. The molecule has 0 saturated carbocycles. The van der Waals surface area contributed by atoms with E-state index in [9.17, 15) is 15.2 Å². The second-order valence-corrected chi connectivity index (χ2v) is 7.74. The third-order valence-electron chi connectivity index (χ3n) is 4.82. The first-order valence-corrected chi connectivity index (χ1v) is 9.54. The van der Waals surface area contributed by atoms with Gasteiger partial charge in [0.15, 0.2) is 5.72 Å². The van der Waals surface area contributed by atoms with Gasteiger partial charge in [0, 0.05) is 22.9 Å². The molecule has 2 aromatic carbocycles. The molecule has 2 aromatic rings. The summed E-state index contributed by atoms with van der Waals surface area (Å²) >= 11 is 7.31. The van der Waals surface area contributed by atoms with Crippen LogP contribution in [0.3, 0.4) is 0 Å². The van der Waals surface area contributed by atoms with Gasteiger partial charge in [-0.05, 0) is 17.7 Å². The quantitative estimate of drug-likeness (QED) is 0.853. The van der Waals surface area contributed by atoms with Crippen molar-refractivity contribution in [3.63, 3.8) is 0 Å². The molecule has 26 heavy (non-hydrogen) atoms. The predicted octanol–water partition coefficient (Wildman–Crippen LogP) is 3.98. The third-order valence-corrected chi connectivity index (χ3v) is 6.29. The van der Waals surface area contributed by atoms with Crippen molar-refractivity contribution in [3.8, 4) is 6.07 Å². The Morgan fingerprint density at radius 2 is 1.88 bits per heavy atom. The molecule has 0 radical (unpaired) electrons. The Bertz CT molecular complexity index is 937. The van der Waals surface area contributed by atoms with Crippen LogP contribution in [-0.4, -0.2) is 21.7 Å². The SMILES string of the molecule is N#CC1=C2SC[C@](O)(c3ccccc3)N2C(=O)C[C@@H]1c1ccc(Cl)cc1. The molecule has 6 heteroatoms. The van der Waals surface area contributed by atoms with E-state index in [-0.39, 0.29) is 18.2 Å². The van der Waals surface area contributed by atoms with Gasteiger partial charge in [0.05, 0.1) is 22.4 Å². The number of rotatable bonds is 2. The number of fused-ring (bicyclic) bond motifs is 1. The fraction of sp³-hybridized carbons (Fsp3) is 0.200. The lowest BCUT2D eigenvalue weighted by molar-refractivity contribution is -0.149. The summed E-state index contributed by atoms with van der Waals surface area (Å²) in [6.45, 7) is 0. The first kappa shape index (κ1) is 17.2. The average Bonchev–Trinajstić information content (AvgIpc) is 3.02. The number of thioether (sulfide) groups is 1. The van der Waals surface area contributed by atoms with Gasteiger partial charge in [0.2, 0.25) is 5.91 Å². The summed E-state index contributed by atoms with van der Waals surface area (Å²) in [5.41, 5.74) is 0.620. The molecule has 1 saturated heterocycles. The number of halogens is 1. The third kappa shape index (κ3) is 2.62. The van der Waals surface area contributed by atoms with Crippen LogP contribution < -0.4 is 0 Å². The number of amides is 1. The zero-order chi connectivity index (χ0) is 18.3. The van der Waals surface area contributed by atoms with E-state index in [0.717, 1.165) is 5.56 Å². The van der Waals surface area contributed by atoms with Gasteiger partial charge in [-0.15, -0.1) is 11.8 Å². The number of hydrogen-bond donors (Lipinski definition) is 1. The minimum absolute atomic E-state index is 0.143. The number of benzene rings is 2. The Morgan fingerprint density at radius 3 is 2.54 bits per heavy atom. The monoisotopic (exact) mass is 382 g/mol. The number of carbonyl (C=O) groups excluding carboxylic acids is 1. The van der Waals surface area contributed by atoms with E-state index >= 15 is 0 Å². The van der Waals surface area contributed by atoms with Crippen molar-refractivity contribution in [2.24, 2.45) is 0 Å². The second-order valence-electron chi connectivity index (χ2n) is 6.34. The van der Waals surface area contributed by atoms with E-state index in [1.807, 2.05) is 30.3 Å². The standard InChI is InChI=1S/C20H15ClN2O2S/c21-15-8-6-13(7-9-15)16-10-18(24)23-19(17(16)11-22)26-12-20(23,25)14-4-2-1-3-5-14/h1-9,16,25H,10,12H2/t16-,20+/m1/s1. The van der Waals surface area contributed by atoms with Gasteiger partial charge < -0.3 is 5.11 Å². The smallest absolute Gasteiger partial charge is 0.231 e. The Hall–Kier alpha value is -2.26. The Labute approximate surface area is 160 Å². The van der Waals surface area contributed by atoms with E-state index in [0.29, 0.717) is 26.9 Å². The first-order chi connectivity index (χ1) is 12.5. The van der Waals surface area contributed by atoms with E-state index in [2.05, 4.69) is 6.07 Å². The highest BCUT2D eigenvalue weighted by molar-refractivity contribution is 8.03. The van der Waals surface area contributed by atoms with Crippen LogP contribution in [0.5, 0.6) is 0 Å². The molecular weight excluding hydrogens is 368 g/mol. The Kier molecular flexibility index (Phi) is 4.28. The average molecular weight is 383 g/mol. The number of aliphatic hydroxyl groups is 1. The molecule has 2 aliphatic rings. The molecule has 0 unspecified atom stereocenters. The molecule has 0 aliphatic carbocycles. The highest BCUT2D eigenvalue weighted by Gasteiger charge is 2.51. The van der Waals surface area contributed by atoms with E-state index < -0.39 is 5.72 Å². The lowest BCUT2D eigenvalue weighted by Gasteiger charge is -2.38. The fourth-order valence-electron chi connectivity index (χ4n) is 3.52. The van der Waals surface area contributed by atoms with Crippen LogP contribution in [0.4, 0.5) is 0 Å². The van der Waals surface area contributed by atoms with Crippen molar-refractivity contribution in [1.29, 1.82) is 5.26 Å². The van der Waals surface area contributed by atoms with Crippen molar-refractivity contribution >= 4 is 29.3 Å². The van der Waals surface area contributed by atoms with Crippen LogP contribution in [-0.2, 0) is 10.5 Å². The van der Waals surface area contributed by atoms with E-state index in [1.165, 1.54) is 16.7 Å². The zero-order valence-electron chi connectivity index (χ0n) is 13.7. The predicted molar refractivity (Wildman–Crippen MR) is 101 cm³/mol.